The molecule has 0 aliphatic heterocycles. The molecule has 0 spiro atoms. The highest BCUT2D eigenvalue weighted by Crippen LogP contribution is 2.20. The third-order valence-corrected chi connectivity index (χ3v) is 3.70. The van der Waals surface area contributed by atoms with E-state index in [4.69, 9.17) is 9.84 Å². The molecule has 0 saturated heterocycles. The standard InChI is InChI=1S/C20H17N3O4/c24-19(25)12-23-20(26)17-8-6-15(10-21-17)16-7-9-18(22-11-16)27-13-14-4-2-1-3-5-14/h1-11H,12-13H2,(H,23,26)(H,24,25). The maximum absolute atomic E-state index is 11.8. The Bertz CT molecular complexity index is 910. The minimum Gasteiger partial charge on any atom is -0.480 e. The van der Waals surface area contributed by atoms with Crippen LogP contribution in [-0.4, -0.2) is 33.5 Å². The summed E-state index contributed by atoms with van der Waals surface area (Å²) in [5.74, 6) is -1.13. The SMILES string of the molecule is O=C(O)CNC(=O)c1ccc(-c2ccc(OCc3ccccc3)nc2)cn1. The number of ether oxygens (including phenoxy) is 1. The molecule has 0 unspecified atom stereocenters. The van der Waals surface area contributed by atoms with Gasteiger partial charge >= 0.3 is 5.97 Å². The van der Waals surface area contributed by atoms with Crippen LogP contribution in [0.3, 0.4) is 0 Å². The van der Waals surface area contributed by atoms with Gasteiger partial charge in [-0.2, -0.15) is 0 Å². The van der Waals surface area contributed by atoms with Crippen molar-refractivity contribution in [3.8, 4) is 17.0 Å². The second kappa shape index (κ2) is 8.57. The molecular formula is C20H17N3O4. The average Bonchev–Trinajstić information content (AvgIpc) is 2.72. The quantitative estimate of drug-likeness (QED) is 0.669. The van der Waals surface area contributed by atoms with Crippen molar-refractivity contribution in [3.63, 3.8) is 0 Å². The van der Waals surface area contributed by atoms with E-state index in [0.717, 1.165) is 16.7 Å². The highest BCUT2D eigenvalue weighted by atomic mass is 16.5. The van der Waals surface area contributed by atoms with E-state index < -0.39 is 18.4 Å². The summed E-state index contributed by atoms with van der Waals surface area (Å²) in [5.41, 5.74) is 2.82. The van der Waals surface area contributed by atoms with Crippen LogP contribution < -0.4 is 10.1 Å². The van der Waals surface area contributed by atoms with Gasteiger partial charge in [0.15, 0.2) is 0 Å². The van der Waals surface area contributed by atoms with Gasteiger partial charge in [-0.3, -0.25) is 14.6 Å². The van der Waals surface area contributed by atoms with E-state index in [0.29, 0.717) is 12.5 Å². The number of rotatable bonds is 7. The van der Waals surface area contributed by atoms with Gasteiger partial charge in [0.25, 0.3) is 5.91 Å². The average molecular weight is 363 g/mol. The molecule has 0 bridgehead atoms. The van der Waals surface area contributed by atoms with Crippen LogP contribution in [0.4, 0.5) is 0 Å². The number of nitrogens with one attached hydrogen (secondary N) is 1. The molecule has 1 amide bonds. The predicted octanol–water partition coefficient (Wildman–Crippen LogP) is 2.54. The lowest BCUT2D eigenvalue weighted by atomic mass is 10.1. The molecule has 2 heterocycles. The first-order valence-electron chi connectivity index (χ1n) is 8.21. The van der Waals surface area contributed by atoms with Crippen LogP contribution >= 0.6 is 0 Å². The largest absolute Gasteiger partial charge is 0.480 e. The summed E-state index contributed by atoms with van der Waals surface area (Å²) in [5, 5.41) is 10.8. The van der Waals surface area contributed by atoms with Crippen molar-refractivity contribution in [2.45, 2.75) is 6.61 Å². The van der Waals surface area contributed by atoms with Crippen molar-refractivity contribution < 1.29 is 19.4 Å². The number of hydrogen-bond acceptors (Lipinski definition) is 5. The molecule has 7 nitrogen and oxygen atoms in total. The second-order valence-electron chi connectivity index (χ2n) is 5.67. The van der Waals surface area contributed by atoms with Gasteiger partial charge in [0.1, 0.15) is 18.8 Å². The normalized spacial score (nSPS) is 10.2. The first kappa shape index (κ1) is 18.1. The van der Waals surface area contributed by atoms with Crippen LogP contribution in [0.1, 0.15) is 16.1 Å². The summed E-state index contributed by atoms with van der Waals surface area (Å²) >= 11 is 0. The maximum atomic E-state index is 11.8. The number of benzene rings is 1. The highest BCUT2D eigenvalue weighted by molar-refractivity contribution is 5.94. The van der Waals surface area contributed by atoms with Gasteiger partial charge in [-0.1, -0.05) is 36.4 Å². The molecule has 136 valence electrons. The number of amides is 1. The molecule has 0 radical (unpaired) electrons. The zero-order valence-corrected chi connectivity index (χ0v) is 14.3. The summed E-state index contributed by atoms with van der Waals surface area (Å²) in [6, 6.07) is 16.7. The Morgan fingerprint density at radius 3 is 2.22 bits per heavy atom. The number of nitrogens with zero attached hydrogens (tertiary/aromatic N) is 2. The number of pyridine rings is 2. The second-order valence-corrected chi connectivity index (χ2v) is 5.67. The number of carbonyl (C=O) groups excluding carboxylic acids is 1. The van der Waals surface area contributed by atoms with Crippen LogP contribution in [0.15, 0.2) is 67.0 Å². The molecule has 0 aliphatic rings. The summed E-state index contributed by atoms with van der Waals surface area (Å²) in [6.07, 6.45) is 3.21. The number of aromatic nitrogens is 2. The monoisotopic (exact) mass is 363 g/mol. The zero-order chi connectivity index (χ0) is 19.1. The number of aliphatic carboxylic acids is 1. The summed E-state index contributed by atoms with van der Waals surface area (Å²) < 4.78 is 5.65. The van der Waals surface area contributed by atoms with Gasteiger partial charge in [-0.25, -0.2) is 4.98 Å². The minimum atomic E-state index is -1.11. The lowest BCUT2D eigenvalue weighted by molar-refractivity contribution is -0.135. The topological polar surface area (TPSA) is 101 Å². The molecule has 0 aliphatic carbocycles. The highest BCUT2D eigenvalue weighted by Gasteiger charge is 2.09. The number of hydrogen-bond donors (Lipinski definition) is 2. The molecule has 2 aromatic heterocycles. The van der Waals surface area contributed by atoms with Crippen molar-refractivity contribution >= 4 is 11.9 Å². The Balaban J connectivity index is 1.61. The Labute approximate surface area is 155 Å². The van der Waals surface area contributed by atoms with Crippen molar-refractivity contribution in [3.05, 3.63) is 78.2 Å². The summed E-state index contributed by atoms with van der Waals surface area (Å²) in [7, 11) is 0. The zero-order valence-electron chi connectivity index (χ0n) is 14.3. The summed E-state index contributed by atoms with van der Waals surface area (Å²) in [4.78, 5) is 30.6. The number of carboxylic acids is 1. The fourth-order valence-corrected chi connectivity index (χ4v) is 2.31. The molecule has 0 fully saturated rings. The first-order chi connectivity index (χ1) is 13.1. The van der Waals surface area contributed by atoms with Crippen LogP contribution in [0.5, 0.6) is 5.88 Å². The van der Waals surface area contributed by atoms with E-state index in [1.807, 2.05) is 36.4 Å². The van der Waals surface area contributed by atoms with Crippen LogP contribution in [0, 0.1) is 0 Å². The van der Waals surface area contributed by atoms with Gasteiger partial charge in [0, 0.05) is 29.6 Å². The third-order valence-electron chi connectivity index (χ3n) is 3.70. The molecule has 0 atom stereocenters. The molecular weight excluding hydrogens is 346 g/mol. The molecule has 3 aromatic rings. The fourth-order valence-electron chi connectivity index (χ4n) is 2.31. The van der Waals surface area contributed by atoms with Crippen molar-refractivity contribution in [2.75, 3.05) is 6.54 Å². The van der Waals surface area contributed by atoms with E-state index in [2.05, 4.69) is 15.3 Å². The van der Waals surface area contributed by atoms with Crippen LogP contribution in [-0.2, 0) is 11.4 Å². The Kier molecular flexibility index (Phi) is 5.73. The fraction of sp³-hybridized carbons (Fsp3) is 0.100. The smallest absolute Gasteiger partial charge is 0.322 e. The summed E-state index contributed by atoms with van der Waals surface area (Å²) in [6.45, 7) is -0.00841. The van der Waals surface area contributed by atoms with Crippen molar-refractivity contribution in [1.82, 2.24) is 15.3 Å². The van der Waals surface area contributed by atoms with Crippen LogP contribution in [0.25, 0.3) is 11.1 Å². The van der Waals surface area contributed by atoms with Crippen molar-refractivity contribution in [2.24, 2.45) is 0 Å². The Morgan fingerprint density at radius 1 is 0.926 bits per heavy atom. The number of carboxylic acid groups (broad SMARTS) is 1. The van der Waals surface area contributed by atoms with Gasteiger partial charge in [-0.05, 0) is 17.7 Å². The molecule has 2 N–H and O–H groups in total. The van der Waals surface area contributed by atoms with Crippen molar-refractivity contribution in [1.29, 1.82) is 0 Å². The lowest BCUT2D eigenvalue weighted by Crippen LogP contribution is -2.29. The Morgan fingerprint density at radius 2 is 1.63 bits per heavy atom. The maximum Gasteiger partial charge on any atom is 0.322 e. The molecule has 3 rings (SSSR count). The van der Waals surface area contributed by atoms with Gasteiger partial charge in [0.2, 0.25) is 5.88 Å². The number of carbonyl (C=O) groups is 2. The van der Waals surface area contributed by atoms with Gasteiger partial charge < -0.3 is 15.2 Å². The molecule has 7 heteroatoms. The Hall–Kier alpha value is -3.74. The predicted molar refractivity (Wildman–Crippen MR) is 98.2 cm³/mol. The lowest BCUT2D eigenvalue weighted by Gasteiger charge is -2.07. The van der Waals surface area contributed by atoms with Gasteiger partial charge in [-0.15, -0.1) is 0 Å². The first-order valence-corrected chi connectivity index (χ1v) is 8.21. The minimum absolute atomic E-state index is 0.149. The van der Waals surface area contributed by atoms with E-state index >= 15 is 0 Å². The van der Waals surface area contributed by atoms with E-state index in [1.54, 1.807) is 18.3 Å². The van der Waals surface area contributed by atoms with Crippen LogP contribution in [0.2, 0.25) is 0 Å². The third kappa shape index (κ3) is 5.12. The van der Waals surface area contributed by atoms with E-state index in [9.17, 15) is 9.59 Å². The van der Waals surface area contributed by atoms with E-state index in [1.165, 1.54) is 12.3 Å². The molecule has 27 heavy (non-hydrogen) atoms. The molecule has 1 aromatic carbocycles. The van der Waals surface area contributed by atoms with Gasteiger partial charge in [0.05, 0.1) is 0 Å². The van der Waals surface area contributed by atoms with E-state index in [-0.39, 0.29) is 5.69 Å². The molecule has 0 saturated carbocycles.